The van der Waals surface area contributed by atoms with Crippen molar-refractivity contribution in [2.24, 2.45) is 0 Å². The van der Waals surface area contributed by atoms with Gasteiger partial charge in [0.05, 0.1) is 5.69 Å². The highest BCUT2D eigenvalue weighted by Gasteiger charge is 2.19. The standard InChI is InChI=1S/C48H33N/c1-2-12-34(13-3-1)36-24-26-38(27-25-36)45-20-8-9-23-48(45)49(42-30-28-35-14-4-5-16-39(35)32-42)41-18-10-17-40(33-41)44-21-11-22-46-43-19-7-6-15-37(43)29-31-47(44)46/h1-33H. The summed E-state index contributed by atoms with van der Waals surface area (Å²) in [5, 5.41) is 7.52. The Morgan fingerprint density at radius 1 is 0.265 bits per heavy atom. The number of para-hydroxylation sites is 1. The van der Waals surface area contributed by atoms with Crippen molar-refractivity contribution in [2.75, 3.05) is 4.90 Å². The van der Waals surface area contributed by atoms with Crippen LogP contribution in [0.3, 0.4) is 0 Å². The van der Waals surface area contributed by atoms with E-state index in [1.165, 1.54) is 65.7 Å². The van der Waals surface area contributed by atoms with Gasteiger partial charge in [-0.2, -0.15) is 0 Å². The molecule has 0 aliphatic rings. The van der Waals surface area contributed by atoms with Crippen LogP contribution in [0.5, 0.6) is 0 Å². The third-order valence-electron chi connectivity index (χ3n) is 9.64. The van der Waals surface area contributed by atoms with Gasteiger partial charge in [0.25, 0.3) is 0 Å². The molecule has 0 aliphatic carbocycles. The lowest BCUT2D eigenvalue weighted by molar-refractivity contribution is 1.29. The highest BCUT2D eigenvalue weighted by atomic mass is 15.1. The minimum Gasteiger partial charge on any atom is -0.310 e. The van der Waals surface area contributed by atoms with Crippen molar-refractivity contribution in [3.05, 3.63) is 200 Å². The fourth-order valence-corrected chi connectivity index (χ4v) is 7.23. The van der Waals surface area contributed by atoms with Crippen LogP contribution in [0, 0.1) is 0 Å². The molecule has 0 spiro atoms. The molecule has 0 radical (unpaired) electrons. The van der Waals surface area contributed by atoms with E-state index < -0.39 is 0 Å². The number of nitrogens with zero attached hydrogens (tertiary/aromatic N) is 1. The number of benzene rings is 9. The Labute approximate surface area is 287 Å². The van der Waals surface area contributed by atoms with Gasteiger partial charge in [-0.05, 0) is 90.5 Å². The average Bonchev–Trinajstić information content (AvgIpc) is 3.18. The maximum atomic E-state index is 2.41. The first-order valence-corrected chi connectivity index (χ1v) is 16.8. The summed E-state index contributed by atoms with van der Waals surface area (Å²) in [6.45, 7) is 0. The zero-order valence-electron chi connectivity index (χ0n) is 27.0. The van der Waals surface area contributed by atoms with Crippen LogP contribution in [-0.4, -0.2) is 0 Å². The number of hydrogen-bond acceptors (Lipinski definition) is 1. The second kappa shape index (κ2) is 12.3. The molecule has 1 heteroatoms. The van der Waals surface area contributed by atoms with E-state index in [2.05, 4.69) is 205 Å². The number of hydrogen-bond donors (Lipinski definition) is 0. The van der Waals surface area contributed by atoms with Gasteiger partial charge in [-0.25, -0.2) is 0 Å². The molecule has 0 saturated heterocycles. The van der Waals surface area contributed by atoms with Gasteiger partial charge in [-0.1, -0.05) is 170 Å². The molecule has 0 bridgehead atoms. The highest BCUT2D eigenvalue weighted by molar-refractivity contribution is 6.12. The summed E-state index contributed by atoms with van der Waals surface area (Å²) in [4.78, 5) is 2.41. The van der Waals surface area contributed by atoms with Crippen LogP contribution in [0.1, 0.15) is 0 Å². The van der Waals surface area contributed by atoms with E-state index in [0.717, 1.165) is 17.1 Å². The minimum atomic E-state index is 1.11. The lowest BCUT2D eigenvalue weighted by Gasteiger charge is -2.28. The van der Waals surface area contributed by atoms with E-state index in [1.54, 1.807) is 0 Å². The van der Waals surface area contributed by atoms with Crippen LogP contribution >= 0.6 is 0 Å². The number of fused-ring (bicyclic) bond motifs is 4. The quantitative estimate of drug-likeness (QED) is 0.167. The van der Waals surface area contributed by atoms with Crippen molar-refractivity contribution in [2.45, 2.75) is 0 Å². The average molecular weight is 624 g/mol. The molecule has 0 atom stereocenters. The molecule has 0 heterocycles. The van der Waals surface area contributed by atoms with Gasteiger partial charge in [-0.15, -0.1) is 0 Å². The fraction of sp³-hybridized carbons (Fsp3) is 0. The summed E-state index contributed by atoms with van der Waals surface area (Å²) in [5.41, 5.74) is 10.6. The smallest absolute Gasteiger partial charge is 0.0540 e. The van der Waals surface area contributed by atoms with Crippen LogP contribution < -0.4 is 4.90 Å². The van der Waals surface area contributed by atoms with Crippen LogP contribution in [0.2, 0.25) is 0 Å². The molecule has 9 rings (SSSR count). The Hall–Kier alpha value is -6.44. The normalized spacial score (nSPS) is 11.3. The molecular weight excluding hydrogens is 591 g/mol. The van der Waals surface area contributed by atoms with Crippen molar-refractivity contribution >= 4 is 49.4 Å². The zero-order chi connectivity index (χ0) is 32.6. The Kier molecular flexibility index (Phi) is 7.22. The molecule has 0 fully saturated rings. The van der Waals surface area contributed by atoms with Crippen molar-refractivity contribution in [1.29, 1.82) is 0 Å². The van der Waals surface area contributed by atoms with Crippen molar-refractivity contribution < 1.29 is 0 Å². The van der Waals surface area contributed by atoms with Crippen LogP contribution in [0.15, 0.2) is 200 Å². The topological polar surface area (TPSA) is 3.24 Å². The SMILES string of the molecule is c1ccc(-c2ccc(-c3ccccc3N(c3cccc(-c4cccc5c4ccc4ccccc45)c3)c3ccc4ccccc4c3)cc2)cc1. The van der Waals surface area contributed by atoms with Crippen LogP contribution in [0.4, 0.5) is 17.1 Å². The summed E-state index contributed by atoms with van der Waals surface area (Å²) in [7, 11) is 0. The molecule has 0 saturated carbocycles. The van der Waals surface area contributed by atoms with E-state index in [1.807, 2.05) is 0 Å². The lowest BCUT2D eigenvalue weighted by atomic mass is 9.94. The van der Waals surface area contributed by atoms with E-state index in [-0.39, 0.29) is 0 Å². The van der Waals surface area contributed by atoms with Crippen molar-refractivity contribution in [1.82, 2.24) is 0 Å². The van der Waals surface area contributed by atoms with Crippen LogP contribution in [-0.2, 0) is 0 Å². The molecular formula is C48H33N. The maximum Gasteiger partial charge on any atom is 0.0540 e. The third-order valence-corrected chi connectivity index (χ3v) is 9.64. The number of anilines is 3. The Balaban J connectivity index is 1.21. The molecule has 0 aliphatic heterocycles. The van der Waals surface area contributed by atoms with E-state index in [0.29, 0.717) is 0 Å². The fourth-order valence-electron chi connectivity index (χ4n) is 7.23. The first-order valence-electron chi connectivity index (χ1n) is 16.8. The summed E-state index contributed by atoms with van der Waals surface area (Å²) >= 11 is 0. The predicted octanol–water partition coefficient (Wildman–Crippen LogP) is 13.6. The lowest BCUT2D eigenvalue weighted by Crippen LogP contribution is -2.11. The molecule has 0 aromatic heterocycles. The van der Waals surface area contributed by atoms with Gasteiger partial charge in [0.2, 0.25) is 0 Å². The van der Waals surface area contributed by atoms with E-state index >= 15 is 0 Å². The first-order chi connectivity index (χ1) is 24.3. The highest BCUT2D eigenvalue weighted by Crippen LogP contribution is 2.43. The molecule has 9 aromatic carbocycles. The largest absolute Gasteiger partial charge is 0.310 e. The predicted molar refractivity (Wildman–Crippen MR) is 210 cm³/mol. The zero-order valence-corrected chi connectivity index (χ0v) is 27.0. The van der Waals surface area contributed by atoms with Gasteiger partial charge in [0.15, 0.2) is 0 Å². The summed E-state index contributed by atoms with van der Waals surface area (Å²) < 4.78 is 0. The first kappa shape index (κ1) is 28.8. The number of rotatable bonds is 6. The Bertz CT molecular complexity index is 2600. The minimum absolute atomic E-state index is 1.11. The van der Waals surface area contributed by atoms with Gasteiger partial charge >= 0.3 is 0 Å². The molecule has 0 unspecified atom stereocenters. The van der Waals surface area contributed by atoms with Crippen molar-refractivity contribution in [3.63, 3.8) is 0 Å². The van der Waals surface area contributed by atoms with Crippen LogP contribution in [0.25, 0.3) is 65.7 Å². The molecule has 230 valence electrons. The van der Waals surface area contributed by atoms with Gasteiger partial charge < -0.3 is 4.90 Å². The third kappa shape index (κ3) is 5.32. The second-order valence-electron chi connectivity index (χ2n) is 12.6. The molecule has 9 aromatic rings. The summed E-state index contributed by atoms with van der Waals surface area (Å²) in [6.07, 6.45) is 0. The molecule has 1 nitrogen and oxygen atoms in total. The van der Waals surface area contributed by atoms with Gasteiger partial charge in [-0.3, -0.25) is 0 Å². The second-order valence-corrected chi connectivity index (χ2v) is 12.6. The Morgan fingerprint density at radius 3 is 1.73 bits per heavy atom. The van der Waals surface area contributed by atoms with E-state index in [4.69, 9.17) is 0 Å². The summed E-state index contributed by atoms with van der Waals surface area (Å²) in [5.74, 6) is 0. The monoisotopic (exact) mass is 623 g/mol. The summed E-state index contributed by atoms with van der Waals surface area (Å²) in [6, 6.07) is 72.5. The Morgan fingerprint density at radius 2 is 0.857 bits per heavy atom. The molecule has 0 amide bonds. The van der Waals surface area contributed by atoms with Crippen molar-refractivity contribution in [3.8, 4) is 33.4 Å². The van der Waals surface area contributed by atoms with Gasteiger partial charge in [0, 0.05) is 16.9 Å². The molecule has 0 N–H and O–H groups in total. The van der Waals surface area contributed by atoms with E-state index in [9.17, 15) is 0 Å². The molecule has 49 heavy (non-hydrogen) atoms. The van der Waals surface area contributed by atoms with Gasteiger partial charge in [0.1, 0.15) is 0 Å². The maximum absolute atomic E-state index is 2.41.